The summed E-state index contributed by atoms with van der Waals surface area (Å²) in [6, 6.07) is 7.91. The van der Waals surface area contributed by atoms with Gasteiger partial charge in [-0.25, -0.2) is 4.68 Å². The van der Waals surface area contributed by atoms with Gasteiger partial charge in [-0.05, 0) is 37.0 Å². The Kier molecular flexibility index (Phi) is 3.30. The molecule has 2 heterocycles. The number of ether oxygens (including phenoxy) is 1. The van der Waals surface area contributed by atoms with E-state index in [0.29, 0.717) is 5.82 Å². The number of fused-ring (bicyclic) bond motifs is 1. The summed E-state index contributed by atoms with van der Waals surface area (Å²) in [5.41, 5.74) is 2.72. The lowest BCUT2D eigenvalue weighted by atomic mass is 10.1. The summed E-state index contributed by atoms with van der Waals surface area (Å²) in [6.07, 6.45) is 0.850. The Morgan fingerprint density at radius 1 is 1.46 bits per heavy atom. The molecule has 0 aliphatic heterocycles. The first-order valence-corrected chi connectivity index (χ1v) is 7.91. The fraction of sp³-hybridized carbons (Fsp3) is 0.353. The van der Waals surface area contributed by atoms with E-state index in [-0.39, 0.29) is 17.7 Å². The second-order valence-electron chi connectivity index (χ2n) is 6.22. The summed E-state index contributed by atoms with van der Waals surface area (Å²) in [5.74, 6) is 1.68. The number of benzene rings is 1. The molecule has 7 nitrogen and oxygen atoms in total. The molecule has 0 bridgehead atoms. The number of nitrogens with zero attached hydrogens (tertiary/aromatic N) is 3. The predicted octanol–water partition coefficient (Wildman–Crippen LogP) is 2.36. The molecule has 24 heavy (non-hydrogen) atoms. The van der Waals surface area contributed by atoms with Crippen molar-refractivity contribution in [2.24, 2.45) is 13.0 Å². The van der Waals surface area contributed by atoms with Gasteiger partial charge in [0.1, 0.15) is 11.6 Å². The van der Waals surface area contributed by atoms with Gasteiger partial charge in [0, 0.05) is 13.0 Å². The highest BCUT2D eigenvalue weighted by atomic mass is 16.5. The monoisotopic (exact) mass is 325 g/mol. The van der Waals surface area contributed by atoms with Crippen LogP contribution in [0.5, 0.6) is 5.75 Å². The molecule has 1 aliphatic carbocycles. The largest absolute Gasteiger partial charge is 0.497 e. The van der Waals surface area contributed by atoms with Crippen molar-refractivity contribution in [3.05, 3.63) is 35.5 Å². The Morgan fingerprint density at radius 3 is 3.08 bits per heavy atom. The third kappa shape index (κ3) is 2.33. The molecule has 2 N–H and O–H groups in total. The van der Waals surface area contributed by atoms with Crippen molar-refractivity contribution in [1.82, 2.24) is 20.0 Å². The van der Waals surface area contributed by atoms with Crippen LogP contribution in [0.15, 0.2) is 24.3 Å². The van der Waals surface area contributed by atoms with Crippen LogP contribution in [0.25, 0.3) is 11.0 Å². The summed E-state index contributed by atoms with van der Waals surface area (Å²) in [5, 5.41) is 15.3. The average molecular weight is 325 g/mol. The van der Waals surface area contributed by atoms with Crippen molar-refractivity contribution >= 4 is 22.8 Å². The van der Waals surface area contributed by atoms with E-state index in [1.54, 1.807) is 11.8 Å². The van der Waals surface area contributed by atoms with Crippen LogP contribution in [0.4, 0.5) is 5.82 Å². The fourth-order valence-corrected chi connectivity index (χ4v) is 3.26. The lowest BCUT2D eigenvalue weighted by Crippen LogP contribution is -2.15. The van der Waals surface area contributed by atoms with Crippen LogP contribution in [-0.2, 0) is 11.8 Å². The smallest absolute Gasteiger partial charge is 0.229 e. The van der Waals surface area contributed by atoms with Crippen LogP contribution in [0.2, 0.25) is 0 Å². The van der Waals surface area contributed by atoms with Crippen LogP contribution >= 0.6 is 0 Å². The SMILES string of the molecule is COc1cccc([C@H]2C[C@H]2C(=O)Nc2[nH]nc3c2c(C)nn3C)c1. The number of methoxy groups -OCH3 is 1. The number of H-pyrrole nitrogens is 1. The molecule has 0 spiro atoms. The molecule has 2 atom stereocenters. The maximum atomic E-state index is 12.6. The van der Waals surface area contributed by atoms with Crippen molar-refractivity contribution in [3.63, 3.8) is 0 Å². The van der Waals surface area contributed by atoms with Gasteiger partial charge in [-0.15, -0.1) is 0 Å². The first-order chi connectivity index (χ1) is 11.6. The van der Waals surface area contributed by atoms with Gasteiger partial charge in [0.2, 0.25) is 5.91 Å². The molecule has 1 saturated carbocycles. The Hall–Kier alpha value is -2.83. The number of rotatable bonds is 4. The number of aromatic amines is 1. The van der Waals surface area contributed by atoms with Crippen molar-refractivity contribution in [3.8, 4) is 5.75 Å². The molecular weight excluding hydrogens is 306 g/mol. The van der Waals surface area contributed by atoms with E-state index >= 15 is 0 Å². The number of carbonyl (C=O) groups is 1. The predicted molar refractivity (Wildman–Crippen MR) is 90.1 cm³/mol. The Labute approximate surface area is 139 Å². The molecule has 1 aliphatic rings. The molecule has 0 radical (unpaired) electrons. The van der Waals surface area contributed by atoms with E-state index in [2.05, 4.69) is 20.6 Å². The highest BCUT2D eigenvalue weighted by molar-refractivity contribution is 6.02. The number of aryl methyl sites for hydroxylation is 2. The van der Waals surface area contributed by atoms with Crippen molar-refractivity contribution in [2.75, 3.05) is 12.4 Å². The molecular formula is C17H19N5O2. The number of carbonyl (C=O) groups excluding carboxylic acids is 1. The first-order valence-electron chi connectivity index (χ1n) is 7.91. The summed E-state index contributed by atoms with van der Waals surface area (Å²) in [4.78, 5) is 12.6. The number of aromatic nitrogens is 4. The summed E-state index contributed by atoms with van der Waals surface area (Å²) >= 11 is 0. The Bertz CT molecular complexity index is 926. The number of amides is 1. The summed E-state index contributed by atoms with van der Waals surface area (Å²) in [6.45, 7) is 1.91. The molecule has 4 rings (SSSR count). The fourth-order valence-electron chi connectivity index (χ4n) is 3.26. The molecule has 3 aromatic rings. The van der Waals surface area contributed by atoms with Crippen LogP contribution in [0.1, 0.15) is 23.6 Å². The number of anilines is 1. The highest BCUT2D eigenvalue weighted by Gasteiger charge is 2.44. The van der Waals surface area contributed by atoms with Gasteiger partial charge in [-0.1, -0.05) is 12.1 Å². The molecule has 2 aromatic heterocycles. The Morgan fingerprint density at radius 2 is 2.29 bits per heavy atom. The van der Waals surface area contributed by atoms with E-state index < -0.39 is 0 Å². The number of hydrogen-bond donors (Lipinski definition) is 2. The maximum absolute atomic E-state index is 12.6. The minimum Gasteiger partial charge on any atom is -0.497 e. The standard InChI is InChI=1S/C17H19N5O2/c1-9-14-15(19-20-16(14)22(2)21-9)18-17(23)13-8-12(13)10-5-4-6-11(7-10)24-3/h4-7,12-13H,8H2,1-3H3,(H2,18,19,20,23)/t12-,13-/m1/s1. The molecule has 7 heteroatoms. The van der Waals surface area contributed by atoms with Crippen LogP contribution < -0.4 is 10.1 Å². The molecule has 124 valence electrons. The van der Waals surface area contributed by atoms with Gasteiger partial charge < -0.3 is 10.1 Å². The van der Waals surface area contributed by atoms with Gasteiger partial charge in [0.15, 0.2) is 5.65 Å². The van der Waals surface area contributed by atoms with Crippen molar-refractivity contribution in [2.45, 2.75) is 19.3 Å². The van der Waals surface area contributed by atoms with E-state index in [1.807, 2.05) is 38.2 Å². The molecule has 0 unspecified atom stereocenters. The molecule has 1 fully saturated rings. The second kappa shape index (κ2) is 5.36. The zero-order chi connectivity index (χ0) is 16.8. The topological polar surface area (TPSA) is 84.8 Å². The van der Waals surface area contributed by atoms with Gasteiger partial charge in [-0.3, -0.25) is 9.89 Å². The third-order valence-corrected chi connectivity index (χ3v) is 4.61. The minimum atomic E-state index is -0.0209. The Balaban J connectivity index is 1.51. The summed E-state index contributed by atoms with van der Waals surface area (Å²) in [7, 11) is 3.48. The lowest BCUT2D eigenvalue weighted by Gasteiger charge is -2.05. The van der Waals surface area contributed by atoms with Gasteiger partial charge in [0.25, 0.3) is 0 Å². The first kappa shape index (κ1) is 14.7. The summed E-state index contributed by atoms with van der Waals surface area (Å²) < 4.78 is 6.96. The lowest BCUT2D eigenvalue weighted by molar-refractivity contribution is -0.117. The van der Waals surface area contributed by atoms with E-state index in [9.17, 15) is 4.79 Å². The quantitative estimate of drug-likeness (QED) is 0.771. The molecule has 1 amide bonds. The average Bonchev–Trinajstić information content (AvgIpc) is 3.20. The third-order valence-electron chi connectivity index (χ3n) is 4.61. The van der Waals surface area contributed by atoms with Gasteiger partial charge >= 0.3 is 0 Å². The van der Waals surface area contributed by atoms with Gasteiger partial charge in [0.05, 0.1) is 18.2 Å². The maximum Gasteiger partial charge on any atom is 0.229 e. The highest BCUT2D eigenvalue weighted by Crippen LogP contribution is 2.48. The van der Waals surface area contributed by atoms with E-state index in [1.165, 1.54) is 0 Å². The normalized spacial score (nSPS) is 19.5. The van der Waals surface area contributed by atoms with Crippen molar-refractivity contribution in [1.29, 1.82) is 0 Å². The van der Waals surface area contributed by atoms with E-state index in [0.717, 1.165) is 34.5 Å². The molecule has 0 saturated heterocycles. The van der Waals surface area contributed by atoms with Crippen LogP contribution in [-0.4, -0.2) is 33.0 Å². The van der Waals surface area contributed by atoms with Crippen LogP contribution in [0, 0.1) is 12.8 Å². The van der Waals surface area contributed by atoms with Gasteiger partial charge in [-0.2, -0.15) is 10.2 Å². The van der Waals surface area contributed by atoms with Crippen molar-refractivity contribution < 1.29 is 9.53 Å². The number of hydrogen-bond acceptors (Lipinski definition) is 4. The zero-order valence-electron chi connectivity index (χ0n) is 13.8. The second-order valence-corrected chi connectivity index (χ2v) is 6.22. The zero-order valence-corrected chi connectivity index (χ0v) is 13.8. The van der Waals surface area contributed by atoms with E-state index in [4.69, 9.17) is 4.74 Å². The van der Waals surface area contributed by atoms with Crippen LogP contribution in [0.3, 0.4) is 0 Å². The molecule has 1 aromatic carbocycles. The number of nitrogens with one attached hydrogen (secondary N) is 2. The minimum absolute atomic E-state index is 0.0108.